The van der Waals surface area contributed by atoms with Crippen molar-refractivity contribution in [2.75, 3.05) is 0 Å². The van der Waals surface area contributed by atoms with Gasteiger partial charge in [-0.2, -0.15) is 0 Å². The predicted molar refractivity (Wildman–Crippen MR) is 116 cm³/mol. The normalized spacial score (nSPS) is 24.1. The van der Waals surface area contributed by atoms with Crippen LogP contribution in [0.4, 0.5) is 8.78 Å². The fourth-order valence-electron chi connectivity index (χ4n) is 5.89. The largest absolute Gasteiger partial charge is 0.481 e. The number of carboxylic acids is 1. The number of hydrogen-bond donors (Lipinski definition) is 2. The lowest BCUT2D eigenvalue weighted by molar-refractivity contribution is -0.152. The van der Waals surface area contributed by atoms with Crippen molar-refractivity contribution in [2.24, 2.45) is 23.7 Å². The molecule has 0 saturated heterocycles. The van der Waals surface area contributed by atoms with Crippen LogP contribution in [0.3, 0.4) is 0 Å². The minimum absolute atomic E-state index is 0.0657. The number of aliphatic carboxylic acids is 1. The number of nitrogens with one attached hydrogen (secondary N) is 1. The van der Waals surface area contributed by atoms with E-state index in [-0.39, 0.29) is 47.1 Å². The molecule has 3 saturated carbocycles. The van der Waals surface area contributed by atoms with Crippen molar-refractivity contribution in [1.29, 1.82) is 0 Å². The third-order valence-electron chi connectivity index (χ3n) is 7.44. The van der Waals surface area contributed by atoms with E-state index in [4.69, 9.17) is 4.52 Å². The Hall–Kier alpha value is -3.69. The first-order valence-electron chi connectivity index (χ1n) is 11.3. The predicted octanol–water partition coefficient (Wildman–Crippen LogP) is 4.63. The van der Waals surface area contributed by atoms with Crippen LogP contribution in [0.15, 0.2) is 35.2 Å². The molecule has 34 heavy (non-hydrogen) atoms. The van der Waals surface area contributed by atoms with E-state index in [0.717, 1.165) is 31.9 Å². The van der Waals surface area contributed by atoms with Crippen molar-refractivity contribution >= 4 is 17.0 Å². The van der Waals surface area contributed by atoms with Gasteiger partial charge in [0.15, 0.2) is 17.4 Å². The average Bonchev–Trinajstić information content (AvgIpc) is 3.51. The molecule has 0 spiro atoms. The number of rotatable bonds is 5. The summed E-state index contributed by atoms with van der Waals surface area (Å²) < 4.78 is 34.8. The molecule has 2 unspecified atom stereocenters. The van der Waals surface area contributed by atoms with Crippen LogP contribution in [0.5, 0.6) is 0 Å². The molecule has 4 aromatic rings. The molecule has 2 N–H and O–H groups in total. The van der Waals surface area contributed by atoms with Gasteiger partial charge < -0.3 is 14.6 Å². The highest BCUT2D eigenvalue weighted by Crippen LogP contribution is 2.50. The molecule has 2 atom stereocenters. The zero-order valence-corrected chi connectivity index (χ0v) is 18.0. The number of pyridine rings is 1. The maximum atomic E-state index is 15.7. The van der Waals surface area contributed by atoms with Gasteiger partial charge in [0, 0.05) is 23.2 Å². The quantitative estimate of drug-likeness (QED) is 0.441. The Labute approximate surface area is 192 Å². The van der Waals surface area contributed by atoms with Gasteiger partial charge in [-0.3, -0.25) is 4.79 Å². The Morgan fingerprint density at radius 3 is 2.71 bits per heavy atom. The van der Waals surface area contributed by atoms with Crippen molar-refractivity contribution in [3.8, 4) is 22.8 Å². The lowest BCUT2D eigenvalue weighted by atomic mass is 9.57. The van der Waals surface area contributed by atoms with Gasteiger partial charge in [0.1, 0.15) is 17.2 Å². The summed E-state index contributed by atoms with van der Waals surface area (Å²) in [4.78, 5) is 28.0. The molecule has 3 aliphatic carbocycles. The highest BCUT2D eigenvalue weighted by atomic mass is 19.1. The molecule has 4 aromatic heterocycles. The topological polar surface area (TPSA) is 118 Å². The second-order valence-electron chi connectivity index (χ2n) is 9.19. The van der Waals surface area contributed by atoms with E-state index < -0.39 is 23.5 Å². The first-order valence-corrected chi connectivity index (χ1v) is 11.3. The number of aromatic nitrogens is 5. The monoisotopic (exact) mass is 465 g/mol. The average molecular weight is 465 g/mol. The van der Waals surface area contributed by atoms with Crippen LogP contribution in [0.1, 0.15) is 31.4 Å². The van der Waals surface area contributed by atoms with Crippen LogP contribution in [-0.4, -0.2) is 36.2 Å². The fraction of sp³-hybridized carbons (Fsp3) is 0.375. The summed E-state index contributed by atoms with van der Waals surface area (Å²) in [5, 5.41) is 14.1. The number of carbonyl (C=O) groups is 1. The fourth-order valence-corrected chi connectivity index (χ4v) is 5.89. The number of carboxylic acid groups (broad SMARTS) is 1. The molecule has 4 heterocycles. The van der Waals surface area contributed by atoms with Crippen molar-refractivity contribution in [3.05, 3.63) is 48.1 Å². The molecule has 3 aliphatic rings. The van der Waals surface area contributed by atoms with Gasteiger partial charge in [0.05, 0.1) is 24.0 Å². The first-order chi connectivity index (χ1) is 16.5. The van der Waals surface area contributed by atoms with E-state index in [1.807, 2.05) is 0 Å². The van der Waals surface area contributed by atoms with Gasteiger partial charge in [0.2, 0.25) is 0 Å². The van der Waals surface area contributed by atoms with E-state index in [0.29, 0.717) is 16.6 Å². The molecule has 0 amide bonds. The minimum atomic E-state index is -0.831. The van der Waals surface area contributed by atoms with Crippen LogP contribution < -0.4 is 0 Å². The summed E-state index contributed by atoms with van der Waals surface area (Å²) in [6, 6.07) is 2.81. The second-order valence-corrected chi connectivity index (χ2v) is 9.19. The van der Waals surface area contributed by atoms with Crippen LogP contribution in [0, 0.1) is 35.3 Å². The zero-order chi connectivity index (χ0) is 23.4. The highest BCUT2D eigenvalue weighted by Gasteiger charge is 2.47. The van der Waals surface area contributed by atoms with E-state index >= 15 is 4.39 Å². The lowest BCUT2D eigenvalue weighted by Crippen LogP contribution is -2.45. The summed E-state index contributed by atoms with van der Waals surface area (Å²) in [6.07, 6.45) is 7.95. The van der Waals surface area contributed by atoms with Gasteiger partial charge >= 0.3 is 5.97 Å². The molecular weight excluding hydrogens is 444 g/mol. The smallest absolute Gasteiger partial charge is 0.307 e. The molecule has 10 heteroatoms. The Kier molecular flexibility index (Phi) is 4.89. The van der Waals surface area contributed by atoms with Crippen molar-refractivity contribution in [2.45, 2.75) is 32.1 Å². The van der Waals surface area contributed by atoms with Crippen LogP contribution in [0.25, 0.3) is 33.9 Å². The molecule has 174 valence electrons. The van der Waals surface area contributed by atoms with E-state index in [9.17, 15) is 14.3 Å². The van der Waals surface area contributed by atoms with Gasteiger partial charge in [-0.15, -0.1) is 0 Å². The Morgan fingerprint density at radius 1 is 1.18 bits per heavy atom. The van der Waals surface area contributed by atoms with Gasteiger partial charge in [-0.25, -0.2) is 23.7 Å². The van der Waals surface area contributed by atoms with Crippen molar-refractivity contribution in [3.63, 3.8) is 0 Å². The maximum Gasteiger partial charge on any atom is 0.307 e. The van der Waals surface area contributed by atoms with Crippen LogP contribution >= 0.6 is 0 Å². The van der Waals surface area contributed by atoms with Gasteiger partial charge in [-0.1, -0.05) is 5.16 Å². The number of aromatic amines is 1. The number of halogens is 2. The second kappa shape index (κ2) is 7.96. The van der Waals surface area contributed by atoms with E-state index in [1.54, 1.807) is 6.20 Å². The van der Waals surface area contributed by atoms with Gasteiger partial charge in [0.25, 0.3) is 0 Å². The Morgan fingerprint density at radius 2 is 1.97 bits per heavy atom. The van der Waals surface area contributed by atoms with Gasteiger partial charge in [-0.05, 0) is 55.9 Å². The number of hydrogen-bond acceptors (Lipinski definition) is 6. The SMILES string of the molecule is O=C(O)C1C2CCC(CC2)C1Cc1nc(-c2c[nH]c3ncc(F)cc23)nc(-c2ccno2)c1F. The minimum Gasteiger partial charge on any atom is -0.481 e. The summed E-state index contributed by atoms with van der Waals surface area (Å²) >= 11 is 0. The standard InChI is InChI=1S/C24H21F2N5O3/c25-13-7-15-16(10-28-22(15)27-9-13)23-30-17(20(26)21(31-23)18-5-6-29-34-18)8-14-11-1-3-12(4-2-11)19(14)24(32)33/h5-7,9-12,14,19H,1-4,8H2,(H,27,28)(H,32,33). The molecule has 0 aromatic carbocycles. The zero-order valence-electron chi connectivity index (χ0n) is 18.0. The summed E-state index contributed by atoms with van der Waals surface area (Å²) in [5.41, 5.74) is 0.967. The molecule has 0 aliphatic heterocycles. The van der Waals surface area contributed by atoms with Crippen LogP contribution in [-0.2, 0) is 11.2 Å². The highest BCUT2D eigenvalue weighted by molar-refractivity contribution is 5.91. The molecule has 2 bridgehead atoms. The molecular formula is C24H21F2N5O3. The summed E-state index contributed by atoms with van der Waals surface area (Å²) in [6.45, 7) is 0. The first kappa shape index (κ1) is 20.9. The third-order valence-corrected chi connectivity index (χ3v) is 7.44. The molecule has 0 radical (unpaired) electrons. The number of nitrogens with zero attached hydrogens (tertiary/aromatic N) is 4. The summed E-state index contributed by atoms with van der Waals surface area (Å²) in [5.74, 6) is -2.12. The lowest BCUT2D eigenvalue weighted by Gasteiger charge is -2.46. The molecule has 7 rings (SSSR count). The Bertz CT molecular complexity index is 1380. The summed E-state index contributed by atoms with van der Waals surface area (Å²) in [7, 11) is 0. The van der Waals surface area contributed by atoms with E-state index in [1.165, 1.54) is 18.3 Å². The third kappa shape index (κ3) is 3.36. The Balaban J connectivity index is 1.49. The maximum absolute atomic E-state index is 15.7. The number of H-pyrrole nitrogens is 1. The molecule has 3 fully saturated rings. The van der Waals surface area contributed by atoms with E-state index in [2.05, 4.69) is 25.1 Å². The number of fused-ring (bicyclic) bond motifs is 4. The van der Waals surface area contributed by atoms with Crippen molar-refractivity contribution in [1.82, 2.24) is 25.1 Å². The van der Waals surface area contributed by atoms with Crippen molar-refractivity contribution < 1.29 is 23.2 Å². The molecule has 8 nitrogen and oxygen atoms in total. The van der Waals surface area contributed by atoms with Crippen LogP contribution in [0.2, 0.25) is 0 Å².